The van der Waals surface area contributed by atoms with E-state index in [1.54, 1.807) is 36.4 Å². The summed E-state index contributed by atoms with van der Waals surface area (Å²) >= 11 is 0. The van der Waals surface area contributed by atoms with E-state index in [0.717, 1.165) is 100 Å². The smallest absolute Gasteiger partial charge is 0.307 e. The van der Waals surface area contributed by atoms with Crippen molar-refractivity contribution >= 4 is 43.6 Å². The van der Waals surface area contributed by atoms with Crippen LogP contribution in [0.1, 0.15) is 38.9 Å². The maximum atomic E-state index is 14.2. The van der Waals surface area contributed by atoms with Gasteiger partial charge in [0.2, 0.25) is 0 Å². The Morgan fingerprint density at radius 3 is 0.936 bits per heavy atom. The molecule has 2 heterocycles. The molecule has 0 unspecified atom stereocenters. The van der Waals surface area contributed by atoms with Crippen LogP contribution in [-0.4, -0.2) is 9.13 Å². The molecule has 0 aliphatic rings. The molecule has 0 aliphatic heterocycles. The van der Waals surface area contributed by atoms with Gasteiger partial charge in [-0.05, 0) is 166 Å². The number of nitriles is 6. The Balaban J connectivity index is 1.22. The molecule has 0 radical (unpaired) electrons. The van der Waals surface area contributed by atoms with Gasteiger partial charge in [0, 0.05) is 32.7 Å². The standard InChI is InChI=1S/C67H33F3N8/c68-67(69,70)54-17-18-55(52(27-54)38-75)56-33-66(78-63-21-15-50(46-11-3-7-42(25-46)36-73)30-59(63)60-31-51(16-22-64(60)78)47-12-4-8-43(26-47)37-74)65(32-53(56)39-76)77-61-19-13-48(44-9-1-5-40(23-44)34-71)28-57(61)58-29-49(14-20-62(58)77)45-10-2-6-41(24-45)35-72/h1-33H. The van der Waals surface area contributed by atoms with Crippen molar-refractivity contribution in [3.05, 3.63) is 239 Å². The van der Waals surface area contributed by atoms with Gasteiger partial charge in [-0.15, -0.1) is 0 Å². The second kappa shape index (κ2) is 18.8. The van der Waals surface area contributed by atoms with Crippen LogP contribution in [0.2, 0.25) is 0 Å². The summed E-state index contributed by atoms with van der Waals surface area (Å²) in [7, 11) is 0. The molecule has 12 rings (SSSR count). The van der Waals surface area contributed by atoms with E-state index in [2.05, 4.69) is 63.7 Å². The zero-order chi connectivity index (χ0) is 53.8. The molecule has 0 aliphatic carbocycles. The zero-order valence-corrected chi connectivity index (χ0v) is 40.8. The largest absolute Gasteiger partial charge is 0.416 e. The number of fused-ring (bicyclic) bond motifs is 6. The third-order valence-electron chi connectivity index (χ3n) is 14.3. The highest BCUT2D eigenvalue weighted by Gasteiger charge is 2.32. The van der Waals surface area contributed by atoms with E-state index in [4.69, 9.17) is 0 Å². The first-order chi connectivity index (χ1) is 38.0. The molecule has 0 amide bonds. The van der Waals surface area contributed by atoms with Crippen LogP contribution in [0.25, 0.3) is 111 Å². The Kier molecular flexibility index (Phi) is 11.4. The fraction of sp³-hybridized carbons (Fsp3) is 0.0149. The van der Waals surface area contributed by atoms with Gasteiger partial charge < -0.3 is 9.13 Å². The molecule has 78 heavy (non-hydrogen) atoms. The van der Waals surface area contributed by atoms with Gasteiger partial charge in [-0.3, -0.25) is 0 Å². The first-order valence-corrected chi connectivity index (χ1v) is 24.4. The molecule has 12 aromatic rings. The second-order valence-corrected chi connectivity index (χ2v) is 18.7. The van der Waals surface area contributed by atoms with Crippen molar-refractivity contribution in [2.24, 2.45) is 0 Å². The Hall–Kier alpha value is -11.5. The number of rotatable bonds is 7. The van der Waals surface area contributed by atoms with Crippen molar-refractivity contribution in [3.63, 3.8) is 0 Å². The summed E-state index contributed by atoms with van der Waals surface area (Å²) in [6, 6.07) is 73.1. The maximum absolute atomic E-state index is 14.2. The molecule has 0 spiro atoms. The quantitative estimate of drug-likeness (QED) is 0.155. The average molecular weight is 1010 g/mol. The molecule has 0 bridgehead atoms. The predicted octanol–water partition coefficient (Wildman–Crippen LogP) is 16.5. The van der Waals surface area contributed by atoms with Crippen LogP contribution in [0.4, 0.5) is 13.2 Å². The third kappa shape index (κ3) is 8.08. The van der Waals surface area contributed by atoms with E-state index in [-0.39, 0.29) is 22.3 Å². The molecule has 0 N–H and O–H groups in total. The second-order valence-electron chi connectivity index (χ2n) is 18.7. The maximum Gasteiger partial charge on any atom is 0.416 e. The summed E-state index contributed by atoms with van der Waals surface area (Å²) in [6.45, 7) is 0. The van der Waals surface area contributed by atoms with Gasteiger partial charge in [0.05, 0.1) is 109 Å². The number of alkyl halides is 3. The van der Waals surface area contributed by atoms with Gasteiger partial charge in [0.15, 0.2) is 0 Å². The van der Waals surface area contributed by atoms with Crippen molar-refractivity contribution < 1.29 is 13.2 Å². The molecule has 11 heteroatoms. The minimum Gasteiger partial charge on any atom is -0.307 e. The fourth-order valence-electron chi connectivity index (χ4n) is 10.7. The number of halogens is 3. The minimum absolute atomic E-state index is 0.0926. The SMILES string of the molecule is N#Cc1cccc(-c2ccc3c(c2)c2cc(-c4cccc(C#N)c4)ccc2n3-c2cc(C#N)c(-c3ccc(C(F)(F)F)cc3C#N)cc2-n2c3ccc(-c4cccc(C#N)c4)cc3c3cc(-c4cccc(C#N)c4)ccc32)c1. The van der Waals surface area contributed by atoms with Gasteiger partial charge in [-0.25, -0.2) is 0 Å². The number of hydrogen-bond acceptors (Lipinski definition) is 6. The fourth-order valence-corrected chi connectivity index (χ4v) is 10.7. The highest BCUT2D eigenvalue weighted by molar-refractivity contribution is 6.14. The number of benzene rings is 10. The summed E-state index contributed by atoms with van der Waals surface area (Å²) in [6.07, 6.45) is -4.74. The van der Waals surface area contributed by atoms with Crippen LogP contribution in [0, 0.1) is 68.0 Å². The van der Waals surface area contributed by atoms with E-state index >= 15 is 0 Å². The molecule has 0 atom stereocenters. The van der Waals surface area contributed by atoms with E-state index in [1.807, 2.05) is 127 Å². The summed E-state index contributed by atoms with van der Waals surface area (Å²) in [5.41, 5.74) is 11.7. The first-order valence-electron chi connectivity index (χ1n) is 24.4. The highest BCUT2D eigenvalue weighted by atomic mass is 19.4. The predicted molar refractivity (Wildman–Crippen MR) is 296 cm³/mol. The highest BCUT2D eigenvalue weighted by Crippen LogP contribution is 2.45. The van der Waals surface area contributed by atoms with Gasteiger partial charge in [-0.1, -0.05) is 78.9 Å². The lowest BCUT2D eigenvalue weighted by Crippen LogP contribution is -2.07. The van der Waals surface area contributed by atoms with Crippen molar-refractivity contribution in [2.45, 2.75) is 6.18 Å². The normalized spacial score (nSPS) is 11.2. The number of nitrogens with zero attached hydrogens (tertiary/aromatic N) is 8. The number of hydrogen-bond donors (Lipinski definition) is 0. The van der Waals surface area contributed by atoms with Crippen LogP contribution in [-0.2, 0) is 6.18 Å². The molecule has 362 valence electrons. The molecule has 0 saturated carbocycles. The Bertz CT molecular complexity index is 4590. The molecule has 0 fully saturated rings. The van der Waals surface area contributed by atoms with Crippen LogP contribution >= 0.6 is 0 Å². The van der Waals surface area contributed by atoms with E-state index in [0.29, 0.717) is 33.6 Å². The lowest BCUT2D eigenvalue weighted by Gasteiger charge is -2.20. The Morgan fingerprint density at radius 2 is 0.615 bits per heavy atom. The lowest BCUT2D eigenvalue weighted by atomic mass is 9.93. The van der Waals surface area contributed by atoms with Crippen molar-refractivity contribution in [2.75, 3.05) is 0 Å². The summed E-state index contributed by atoms with van der Waals surface area (Å²) in [5, 5.41) is 64.4. The van der Waals surface area contributed by atoms with Crippen LogP contribution in [0.3, 0.4) is 0 Å². The summed E-state index contributed by atoms with van der Waals surface area (Å²) in [4.78, 5) is 0. The van der Waals surface area contributed by atoms with Gasteiger partial charge >= 0.3 is 6.18 Å². The van der Waals surface area contributed by atoms with Crippen LogP contribution in [0.5, 0.6) is 0 Å². The zero-order valence-electron chi connectivity index (χ0n) is 40.8. The molecule has 0 saturated heterocycles. The van der Waals surface area contributed by atoms with Crippen molar-refractivity contribution in [1.82, 2.24) is 9.13 Å². The molecule has 10 aromatic carbocycles. The van der Waals surface area contributed by atoms with Crippen molar-refractivity contribution in [3.8, 4) is 103 Å². The summed E-state index contributed by atoms with van der Waals surface area (Å²) < 4.78 is 46.8. The first kappa shape index (κ1) is 47.5. The lowest BCUT2D eigenvalue weighted by molar-refractivity contribution is -0.137. The van der Waals surface area contributed by atoms with Crippen molar-refractivity contribution in [1.29, 1.82) is 31.6 Å². The molecular weight excluding hydrogens is 974 g/mol. The van der Waals surface area contributed by atoms with E-state index in [1.165, 1.54) is 6.07 Å². The van der Waals surface area contributed by atoms with Gasteiger partial charge in [0.1, 0.15) is 0 Å². The Morgan fingerprint density at radius 1 is 0.295 bits per heavy atom. The molecular formula is C67H33F3N8. The van der Waals surface area contributed by atoms with E-state index in [9.17, 15) is 44.7 Å². The Labute approximate surface area is 444 Å². The number of aromatic nitrogens is 2. The van der Waals surface area contributed by atoms with Gasteiger partial charge in [-0.2, -0.15) is 44.7 Å². The van der Waals surface area contributed by atoms with Crippen LogP contribution < -0.4 is 0 Å². The molecule has 2 aromatic heterocycles. The van der Waals surface area contributed by atoms with Gasteiger partial charge in [0.25, 0.3) is 0 Å². The third-order valence-corrected chi connectivity index (χ3v) is 14.3. The topological polar surface area (TPSA) is 153 Å². The average Bonchev–Trinajstić information content (AvgIpc) is 4.00. The van der Waals surface area contributed by atoms with Crippen LogP contribution in [0.15, 0.2) is 200 Å². The van der Waals surface area contributed by atoms with E-state index < -0.39 is 11.7 Å². The summed E-state index contributed by atoms with van der Waals surface area (Å²) in [5.74, 6) is 0. The monoisotopic (exact) mass is 1010 g/mol. The minimum atomic E-state index is -4.74. The molecule has 8 nitrogen and oxygen atoms in total.